The first kappa shape index (κ1) is 41.8. The molecule has 7 rings (SSSR count). The van der Waals surface area contributed by atoms with Gasteiger partial charge in [0.2, 0.25) is 11.7 Å². The van der Waals surface area contributed by atoms with E-state index in [2.05, 4.69) is 20.2 Å². The summed E-state index contributed by atoms with van der Waals surface area (Å²) in [5.74, 6) is -0.215. The van der Waals surface area contributed by atoms with Crippen LogP contribution in [0.2, 0.25) is 5.02 Å². The maximum absolute atomic E-state index is 14.0. The second-order valence-electron chi connectivity index (χ2n) is 13.9. The van der Waals surface area contributed by atoms with E-state index in [1.807, 2.05) is 36.7 Å². The summed E-state index contributed by atoms with van der Waals surface area (Å²) in [6.45, 7) is 3.89. The van der Waals surface area contributed by atoms with Crippen molar-refractivity contribution in [3.8, 4) is 28.3 Å². The van der Waals surface area contributed by atoms with Crippen LogP contribution in [-0.2, 0) is 48.6 Å². The molecule has 0 spiro atoms. The Morgan fingerprint density at radius 1 is 1.09 bits per heavy atom. The van der Waals surface area contributed by atoms with Gasteiger partial charge in [-0.3, -0.25) is 19.8 Å². The standard InChI is InChI=1S/C39H38ClF3N8O5.Mn/c1-21-24(7-6-10-27(21)44-33-31-34(47-37(46-33)39(41,42)43)48(2)38(55)49(3)36(31)54)25-8-5-9-26(32(25)40)28-17-23-11-12-29(30(23)35(45-28)56-4)51-14-13-22(19-51)18-50(20-53)15-16-52;/h5-10,17,29,52H,11-16,18-19H2,1-4H3,(H,44,46,47);/q-2;+2. The number of aliphatic hydroxyl groups excluding tert-OH is 1. The predicted molar refractivity (Wildman–Crippen MR) is 205 cm³/mol. The number of nitrogens with zero attached hydrogens (tertiary/aromatic N) is 7. The van der Waals surface area contributed by atoms with Gasteiger partial charge in [-0.25, -0.2) is 19.7 Å². The first-order valence-electron chi connectivity index (χ1n) is 17.9. The summed E-state index contributed by atoms with van der Waals surface area (Å²) in [6.07, 6.45) is -0.554. The normalized spacial score (nSPS) is 15.8. The molecular formula is C39H38ClF3MnN8O5. The Bertz CT molecular complexity index is 2480. The molecule has 299 valence electrons. The molecule has 1 saturated heterocycles. The van der Waals surface area contributed by atoms with Gasteiger partial charge in [-0.2, -0.15) is 26.0 Å². The van der Waals surface area contributed by atoms with Crippen LogP contribution in [0.4, 0.5) is 24.7 Å². The zero-order chi connectivity index (χ0) is 40.1. The second kappa shape index (κ2) is 16.6. The average Bonchev–Trinajstić information content (AvgIpc) is 3.83. The van der Waals surface area contributed by atoms with E-state index < -0.39 is 34.7 Å². The predicted octanol–water partition coefficient (Wildman–Crippen LogP) is 5.12. The molecule has 0 bridgehead atoms. The number of aryl methyl sites for hydroxylation is 2. The third-order valence-electron chi connectivity index (χ3n) is 10.6. The van der Waals surface area contributed by atoms with E-state index in [4.69, 9.17) is 21.3 Å². The molecule has 2 N–H and O–H groups in total. The number of likely N-dealkylation sites (tertiary alicyclic amines) is 1. The van der Waals surface area contributed by atoms with E-state index in [1.54, 1.807) is 26.2 Å². The fourth-order valence-electron chi connectivity index (χ4n) is 7.73. The molecule has 1 aliphatic carbocycles. The molecular weight excluding hydrogens is 808 g/mol. The van der Waals surface area contributed by atoms with Gasteiger partial charge < -0.3 is 29.8 Å². The van der Waals surface area contributed by atoms with Crippen molar-refractivity contribution in [1.29, 1.82) is 0 Å². The number of methoxy groups -OCH3 is 1. The average molecular weight is 846 g/mol. The Kier molecular flexibility index (Phi) is 12.2. The minimum atomic E-state index is -4.96. The number of pyridine rings is 1. The van der Waals surface area contributed by atoms with Crippen LogP contribution in [-0.4, -0.2) is 85.3 Å². The van der Waals surface area contributed by atoms with Gasteiger partial charge >= 0.3 is 28.9 Å². The van der Waals surface area contributed by atoms with Crippen molar-refractivity contribution in [3.63, 3.8) is 0 Å². The summed E-state index contributed by atoms with van der Waals surface area (Å²) in [6, 6.07) is 12.8. The van der Waals surface area contributed by atoms with Crippen molar-refractivity contribution in [3.05, 3.63) is 96.8 Å². The van der Waals surface area contributed by atoms with Crippen LogP contribution in [0, 0.1) is 12.8 Å². The molecule has 2 aliphatic rings. The number of aliphatic hydroxyl groups is 1. The number of ether oxygens (including phenoxy) is 1. The van der Waals surface area contributed by atoms with Crippen LogP contribution in [0.15, 0.2) is 52.1 Å². The van der Waals surface area contributed by atoms with Crippen LogP contribution in [0.25, 0.3) is 33.4 Å². The van der Waals surface area contributed by atoms with Gasteiger partial charge in [0, 0.05) is 49.1 Å². The van der Waals surface area contributed by atoms with Crippen molar-refractivity contribution in [2.75, 3.05) is 45.2 Å². The Balaban J connectivity index is 0.00000549. The zero-order valence-electron chi connectivity index (χ0n) is 31.4. The summed E-state index contributed by atoms with van der Waals surface area (Å²) >= 11 is 7.17. The second-order valence-corrected chi connectivity index (χ2v) is 14.3. The molecule has 1 aliphatic heterocycles. The fraction of sp³-hybridized carbons (Fsp3) is 0.359. The smallest absolute Gasteiger partial charge is 0.540 e. The minimum absolute atomic E-state index is 0. The van der Waals surface area contributed by atoms with Crippen molar-refractivity contribution in [1.82, 2.24) is 33.9 Å². The van der Waals surface area contributed by atoms with Crippen LogP contribution in [0.3, 0.4) is 0 Å². The number of amides is 1. The number of nitrogens with one attached hydrogen (secondary N) is 1. The van der Waals surface area contributed by atoms with Gasteiger partial charge in [0.05, 0.1) is 24.4 Å². The molecule has 5 aromatic rings. The summed E-state index contributed by atoms with van der Waals surface area (Å²) in [5, 5.41) is 12.3. The van der Waals surface area contributed by atoms with Crippen LogP contribution in [0.1, 0.15) is 41.4 Å². The van der Waals surface area contributed by atoms with Crippen molar-refractivity contribution in [2.45, 2.75) is 38.4 Å². The molecule has 1 atom stereocenters. The van der Waals surface area contributed by atoms with Crippen LogP contribution >= 0.6 is 11.6 Å². The molecule has 13 nitrogen and oxygen atoms in total. The molecule has 1 unspecified atom stereocenters. The molecule has 18 heteroatoms. The monoisotopic (exact) mass is 845 g/mol. The molecule has 1 radical (unpaired) electrons. The summed E-state index contributed by atoms with van der Waals surface area (Å²) < 4.78 is 49.4. The Labute approximate surface area is 340 Å². The number of anilines is 2. The first-order valence-corrected chi connectivity index (χ1v) is 18.2. The Morgan fingerprint density at radius 2 is 1.81 bits per heavy atom. The van der Waals surface area contributed by atoms with Crippen molar-refractivity contribution < 1.29 is 44.9 Å². The number of fused-ring (bicyclic) bond motifs is 2. The summed E-state index contributed by atoms with van der Waals surface area (Å²) in [5.41, 5.74) is 3.48. The van der Waals surface area contributed by atoms with Gasteiger partial charge in [0.25, 0.3) is 5.56 Å². The summed E-state index contributed by atoms with van der Waals surface area (Å²) in [4.78, 5) is 53.2. The van der Waals surface area contributed by atoms with Crippen LogP contribution < -0.4 is 21.3 Å². The molecule has 3 aromatic heterocycles. The molecule has 1 amide bonds. The van der Waals surface area contributed by atoms with E-state index in [9.17, 15) is 32.7 Å². The molecule has 4 heterocycles. The van der Waals surface area contributed by atoms with Gasteiger partial charge in [0.1, 0.15) is 11.2 Å². The molecule has 2 aromatic carbocycles. The SMILES string of the molecule is COc1nc(-c2cccc(-c3cccc(Nc4nc(C(F)(F)F)nc5c4c(=O)n(C)c(=O)n5C)c3C)c2Cl)cc2c1C(N1CC[C-](CN([C-]=O)CCO)C1)CC2.[Mn+2]. The largest absolute Gasteiger partial charge is 2.00 e. The van der Waals surface area contributed by atoms with E-state index in [0.717, 1.165) is 46.1 Å². The molecule has 0 saturated carbocycles. The number of rotatable bonds is 11. The number of aromatic nitrogens is 5. The number of benzene rings is 2. The minimum Gasteiger partial charge on any atom is -0.540 e. The van der Waals surface area contributed by atoms with E-state index in [0.29, 0.717) is 57.6 Å². The van der Waals surface area contributed by atoms with E-state index in [1.165, 1.54) is 24.9 Å². The van der Waals surface area contributed by atoms with E-state index in [-0.39, 0.29) is 41.6 Å². The molecule has 1 fully saturated rings. The Hall–Kier alpha value is -4.80. The third kappa shape index (κ3) is 7.78. The first-order chi connectivity index (χ1) is 26.7. The van der Waals surface area contributed by atoms with Crippen LogP contribution in [0.5, 0.6) is 5.88 Å². The third-order valence-corrected chi connectivity index (χ3v) is 11.0. The number of hydrogen-bond acceptors (Lipinski definition) is 10. The summed E-state index contributed by atoms with van der Waals surface area (Å²) in [7, 11) is 4.05. The van der Waals surface area contributed by atoms with Gasteiger partial charge in [0.15, 0.2) is 5.65 Å². The maximum Gasteiger partial charge on any atom is 2.00 e. The van der Waals surface area contributed by atoms with Gasteiger partial charge in [-0.15, -0.1) is 13.1 Å². The van der Waals surface area contributed by atoms with Crippen molar-refractivity contribution in [2.24, 2.45) is 14.1 Å². The Morgan fingerprint density at radius 3 is 2.51 bits per heavy atom. The van der Waals surface area contributed by atoms with E-state index >= 15 is 0 Å². The fourth-order valence-corrected chi connectivity index (χ4v) is 8.06. The zero-order valence-corrected chi connectivity index (χ0v) is 33.3. The topological polar surface area (TPSA) is 148 Å². The van der Waals surface area contributed by atoms with Crippen molar-refractivity contribution >= 4 is 40.5 Å². The quantitative estimate of drug-likeness (QED) is 0.104. The maximum atomic E-state index is 14.0. The molecule has 57 heavy (non-hydrogen) atoms. The number of carbonyl (C=O) groups excluding carboxylic acids is 1. The van der Waals surface area contributed by atoms with Gasteiger partial charge in [-0.05, 0) is 55.1 Å². The number of halogens is 4. The number of alkyl halides is 3. The number of hydrogen-bond donors (Lipinski definition) is 2. The van der Waals surface area contributed by atoms with Gasteiger partial charge in [-0.1, -0.05) is 41.9 Å².